The molecule has 0 heterocycles. The predicted molar refractivity (Wildman–Crippen MR) is 123 cm³/mol. The van der Waals surface area contributed by atoms with Crippen molar-refractivity contribution in [1.29, 1.82) is 0 Å². The number of fused-ring (bicyclic) bond motifs is 1. The number of rotatable bonds is 3. The highest BCUT2D eigenvalue weighted by atomic mass is 28.3. The largest absolute Gasteiger partial charge is 0.334 e. The lowest BCUT2D eigenvalue weighted by molar-refractivity contribution is 0.442. The molecule has 1 nitrogen and oxygen atoms in total. The van der Waals surface area contributed by atoms with Crippen LogP contribution in [0.5, 0.6) is 0 Å². The maximum Gasteiger partial charge on any atom is 0.131 e. The van der Waals surface area contributed by atoms with Gasteiger partial charge in [-0.25, -0.2) is 0 Å². The molecule has 0 aromatic heterocycles. The van der Waals surface area contributed by atoms with Crippen LogP contribution in [0.25, 0.3) is 5.57 Å². The summed E-state index contributed by atoms with van der Waals surface area (Å²) in [6.45, 7) is 9.87. The Bertz CT molecular complexity index is 633. The van der Waals surface area contributed by atoms with Crippen molar-refractivity contribution in [1.82, 2.24) is 4.98 Å². The van der Waals surface area contributed by atoms with Crippen molar-refractivity contribution in [3.8, 4) is 0 Å². The fraction of sp³-hybridized carbons (Fsp3) is 0.680. The van der Waals surface area contributed by atoms with E-state index in [0.29, 0.717) is 5.54 Å². The molecule has 1 atom stereocenters. The molecule has 0 bridgehead atoms. The van der Waals surface area contributed by atoms with Gasteiger partial charge in [0.25, 0.3) is 0 Å². The first-order valence-corrected chi connectivity index (χ1v) is 14.6. The molecule has 0 amide bonds. The Hall–Kier alpha value is -0.863. The van der Waals surface area contributed by atoms with E-state index in [4.69, 9.17) is 0 Å². The summed E-state index contributed by atoms with van der Waals surface area (Å²) in [6, 6.07) is 9.88. The quantitative estimate of drug-likeness (QED) is 0.530. The van der Waals surface area contributed by atoms with Crippen LogP contribution in [0.3, 0.4) is 0 Å². The summed E-state index contributed by atoms with van der Waals surface area (Å²) >= 11 is 0. The summed E-state index contributed by atoms with van der Waals surface area (Å²) in [5.74, 6) is 0. The average Bonchev–Trinajstić information content (AvgIpc) is 2.89. The molecule has 1 unspecified atom stereocenters. The van der Waals surface area contributed by atoms with Gasteiger partial charge < -0.3 is 4.98 Å². The Morgan fingerprint density at radius 2 is 1.30 bits per heavy atom. The van der Waals surface area contributed by atoms with Gasteiger partial charge in [-0.05, 0) is 43.4 Å². The zero-order chi connectivity index (χ0) is 19.3. The average molecular weight is 384 g/mol. The minimum atomic E-state index is -1.61. The molecule has 2 aliphatic carbocycles. The van der Waals surface area contributed by atoms with Gasteiger partial charge in [0.2, 0.25) is 0 Å². The van der Waals surface area contributed by atoms with Crippen LogP contribution < -0.4 is 4.98 Å². The summed E-state index contributed by atoms with van der Waals surface area (Å²) in [5.41, 5.74) is 6.87. The molecule has 1 fully saturated rings. The van der Waals surface area contributed by atoms with Crippen molar-refractivity contribution in [3.05, 3.63) is 41.0 Å². The van der Waals surface area contributed by atoms with Crippen LogP contribution in [-0.4, -0.2) is 14.3 Å². The minimum Gasteiger partial charge on any atom is -0.334 e. The van der Waals surface area contributed by atoms with E-state index in [-0.39, 0.29) is 0 Å². The van der Waals surface area contributed by atoms with Crippen LogP contribution in [0.15, 0.2) is 29.8 Å². The molecule has 0 saturated heterocycles. The lowest BCUT2D eigenvalue weighted by atomic mass is 9.98. The van der Waals surface area contributed by atoms with Crippen molar-refractivity contribution in [2.75, 3.05) is 0 Å². The van der Waals surface area contributed by atoms with Gasteiger partial charge in [-0.2, -0.15) is 0 Å². The van der Waals surface area contributed by atoms with E-state index in [2.05, 4.69) is 56.2 Å². The van der Waals surface area contributed by atoms with E-state index >= 15 is 0 Å². The van der Waals surface area contributed by atoms with E-state index in [0.717, 1.165) is 6.04 Å². The van der Waals surface area contributed by atoms with Crippen LogP contribution in [0.2, 0.25) is 13.1 Å². The standard InChI is InChI=1S/C25H41NSi/c1-20-21(2)25(24-19-15-14-18-23(20)24)27(3,4)26-22-16-12-10-8-6-5-7-9-11-13-17-22/h14-15,18-19,22,25-26H,5-13,16-17H2,1-4H3. The van der Waals surface area contributed by atoms with Crippen molar-refractivity contribution in [2.45, 2.75) is 109 Å². The van der Waals surface area contributed by atoms with Crippen LogP contribution in [-0.2, 0) is 0 Å². The van der Waals surface area contributed by atoms with E-state index in [1.807, 2.05) is 0 Å². The maximum atomic E-state index is 4.29. The number of nitrogens with one attached hydrogen (secondary N) is 1. The topological polar surface area (TPSA) is 12.0 Å². The van der Waals surface area contributed by atoms with Crippen molar-refractivity contribution >= 4 is 13.8 Å². The fourth-order valence-corrected chi connectivity index (χ4v) is 9.44. The number of allylic oxidation sites excluding steroid dienone is 2. The normalized spacial score (nSPS) is 23.6. The summed E-state index contributed by atoms with van der Waals surface area (Å²) in [5, 5.41) is 0. The summed E-state index contributed by atoms with van der Waals surface area (Å²) < 4.78 is 0. The second-order valence-electron chi connectivity index (χ2n) is 9.65. The summed E-state index contributed by atoms with van der Waals surface area (Å²) in [6.07, 6.45) is 15.7. The third-order valence-electron chi connectivity index (χ3n) is 7.10. The molecule has 3 rings (SSSR count). The molecule has 1 aromatic rings. The summed E-state index contributed by atoms with van der Waals surface area (Å²) in [4.78, 5) is 4.29. The monoisotopic (exact) mass is 383 g/mol. The smallest absolute Gasteiger partial charge is 0.131 e. The van der Waals surface area contributed by atoms with E-state index in [1.54, 1.807) is 11.1 Å². The van der Waals surface area contributed by atoms with E-state index in [1.165, 1.54) is 81.8 Å². The zero-order valence-corrected chi connectivity index (χ0v) is 19.2. The predicted octanol–water partition coefficient (Wildman–Crippen LogP) is 7.58. The second kappa shape index (κ2) is 9.56. The Morgan fingerprint density at radius 1 is 0.778 bits per heavy atom. The van der Waals surface area contributed by atoms with Gasteiger partial charge in [0, 0.05) is 11.6 Å². The minimum absolute atomic E-state index is 0.634. The lowest BCUT2D eigenvalue weighted by Crippen LogP contribution is -2.55. The highest BCUT2D eigenvalue weighted by Crippen LogP contribution is 2.45. The van der Waals surface area contributed by atoms with Gasteiger partial charge in [0.15, 0.2) is 0 Å². The Kier molecular flexibility index (Phi) is 7.39. The first-order chi connectivity index (χ1) is 13.0. The van der Waals surface area contributed by atoms with Crippen molar-refractivity contribution in [2.24, 2.45) is 0 Å². The number of hydrogen-bond donors (Lipinski definition) is 1. The highest BCUT2D eigenvalue weighted by molar-refractivity contribution is 6.77. The lowest BCUT2D eigenvalue weighted by Gasteiger charge is -2.37. The van der Waals surface area contributed by atoms with Crippen molar-refractivity contribution in [3.63, 3.8) is 0 Å². The van der Waals surface area contributed by atoms with Gasteiger partial charge in [0.05, 0.1) is 0 Å². The SMILES string of the molecule is CC1=C(C)C([Si](C)(C)NC2CCCCCCCCCCC2)c2ccccc21. The van der Waals surface area contributed by atoms with Crippen LogP contribution in [0.1, 0.15) is 101 Å². The number of benzene rings is 1. The van der Waals surface area contributed by atoms with Gasteiger partial charge in [0.1, 0.15) is 8.24 Å². The van der Waals surface area contributed by atoms with Gasteiger partial charge >= 0.3 is 0 Å². The van der Waals surface area contributed by atoms with E-state index in [9.17, 15) is 0 Å². The summed E-state index contributed by atoms with van der Waals surface area (Å²) in [7, 11) is -1.61. The molecule has 1 aromatic carbocycles. The molecule has 150 valence electrons. The third kappa shape index (κ3) is 5.15. The molecule has 1 N–H and O–H groups in total. The van der Waals surface area contributed by atoms with E-state index < -0.39 is 8.24 Å². The number of hydrogen-bond acceptors (Lipinski definition) is 1. The molecule has 0 aliphatic heterocycles. The van der Waals surface area contributed by atoms with Gasteiger partial charge in [-0.1, -0.05) is 101 Å². The Morgan fingerprint density at radius 3 is 1.89 bits per heavy atom. The fourth-order valence-electron chi connectivity index (χ4n) is 5.60. The molecule has 1 saturated carbocycles. The van der Waals surface area contributed by atoms with Crippen LogP contribution in [0.4, 0.5) is 0 Å². The molecule has 27 heavy (non-hydrogen) atoms. The molecule has 2 heteroatoms. The Balaban J connectivity index is 1.71. The molecular weight excluding hydrogens is 342 g/mol. The van der Waals surface area contributed by atoms with Crippen molar-refractivity contribution < 1.29 is 0 Å². The molecular formula is C25H41NSi. The molecule has 0 radical (unpaired) electrons. The molecule has 2 aliphatic rings. The second-order valence-corrected chi connectivity index (χ2v) is 14.0. The van der Waals surface area contributed by atoms with Gasteiger partial charge in [-0.3, -0.25) is 0 Å². The molecule has 0 spiro atoms. The van der Waals surface area contributed by atoms with Crippen LogP contribution >= 0.6 is 0 Å². The Labute approximate surface area is 169 Å². The highest BCUT2D eigenvalue weighted by Gasteiger charge is 2.40. The van der Waals surface area contributed by atoms with Crippen LogP contribution in [0, 0.1) is 0 Å². The maximum absolute atomic E-state index is 4.29. The zero-order valence-electron chi connectivity index (χ0n) is 18.2. The third-order valence-corrected chi connectivity index (χ3v) is 10.4. The first kappa shape index (κ1) is 20.9. The van der Waals surface area contributed by atoms with Gasteiger partial charge in [-0.15, -0.1) is 0 Å². The first-order valence-electron chi connectivity index (χ1n) is 11.5.